The van der Waals surface area contributed by atoms with Gasteiger partial charge < -0.3 is 15.4 Å². The van der Waals surface area contributed by atoms with E-state index in [9.17, 15) is 4.79 Å². The van der Waals surface area contributed by atoms with Crippen molar-refractivity contribution in [1.29, 1.82) is 5.41 Å². The van der Waals surface area contributed by atoms with Crippen LogP contribution in [0.25, 0.3) is 0 Å². The van der Waals surface area contributed by atoms with Gasteiger partial charge in [-0.1, -0.05) is 0 Å². The summed E-state index contributed by atoms with van der Waals surface area (Å²) in [5, 5.41) is 14.6. The molecule has 1 rings (SSSR count). The number of aliphatic hydroxyl groups excluding tert-OH is 1. The molecule has 0 aromatic rings. The lowest BCUT2D eigenvalue weighted by Gasteiger charge is -2.14. The molecular formula is C8H15N3O2S. The highest BCUT2D eigenvalue weighted by atomic mass is 32.1. The summed E-state index contributed by atoms with van der Waals surface area (Å²) in [6.07, 6.45) is 1.12. The number of carbonyl (C=O) groups is 1. The Morgan fingerprint density at radius 2 is 2.14 bits per heavy atom. The van der Waals surface area contributed by atoms with Gasteiger partial charge in [0.15, 0.2) is 5.11 Å². The van der Waals surface area contributed by atoms with Crippen LogP contribution < -0.4 is 0 Å². The van der Waals surface area contributed by atoms with Crippen molar-refractivity contribution in [2.45, 2.75) is 13.0 Å². The first-order valence-electron chi connectivity index (χ1n) is 4.17. The van der Waals surface area contributed by atoms with E-state index in [0.29, 0.717) is 11.7 Å². The summed E-state index contributed by atoms with van der Waals surface area (Å²) in [4.78, 5) is 14.6. The Kier molecular flexibility index (Phi) is 5.26. The molecule has 2 N–H and O–H groups in total. The maximum Gasteiger partial charge on any atom is 0.257 e. The van der Waals surface area contributed by atoms with Crippen LogP contribution in [0.5, 0.6) is 0 Å². The van der Waals surface area contributed by atoms with Crippen molar-refractivity contribution in [2.75, 3.05) is 20.7 Å². The zero-order valence-corrected chi connectivity index (χ0v) is 9.34. The average Bonchev–Trinajstić information content (AvgIpc) is 2.42. The maximum atomic E-state index is 11.4. The lowest BCUT2D eigenvalue weighted by Crippen LogP contribution is -2.32. The number of likely N-dealkylation sites (N-methyl/N-ethyl adjacent to an activating group) is 2. The molecular weight excluding hydrogens is 202 g/mol. The molecule has 1 atom stereocenters. The number of amides is 1. The number of rotatable bonds is 2. The van der Waals surface area contributed by atoms with E-state index >= 15 is 0 Å². The predicted molar refractivity (Wildman–Crippen MR) is 58.5 cm³/mol. The number of carbonyl (C=O) groups excluding carboxylic acids is 1. The van der Waals surface area contributed by atoms with Gasteiger partial charge in [0.1, 0.15) is 6.04 Å². The van der Waals surface area contributed by atoms with Crippen LogP contribution in [-0.2, 0) is 4.79 Å². The zero-order chi connectivity index (χ0) is 11.3. The molecule has 0 spiro atoms. The third-order valence-corrected chi connectivity index (χ3v) is 2.45. The molecule has 14 heavy (non-hydrogen) atoms. The molecule has 1 fully saturated rings. The quantitative estimate of drug-likeness (QED) is 0.492. The smallest absolute Gasteiger partial charge is 0.257 e. The fourth-order valence-corrected chi connectivity index (χ4v) is 1.54. The van der Waals surface area contributed by atoms with Crippen molar-refractivity contribution in [3.8, 4) is 0 Å². The topological polar surface area (TPSA) is 67.6 Å². The van der Waals surface area contributed by atoms with Crippen LogP contribution in [0.3, 0.4) is 0 Å². The van der Waals surface area contributed by atoms with E-state index in [1.165, 1.54) is 4.90 Å². The van der Waals surface area contributed by atoms with Gasteiger partial charge in [-0.3, -0.25) is 9.69 Å². The highest BCUT2D eigenvalue weighted by Gasteiger charge is 2.37. The van der Waals surface area contributed by atoms with Crippen molar-refractivity contribution in [3.63, 3.8) is 0 Å². The summed E-state index contributed by atoms with van der Waals surface area (Å²) in [6.45, 7) is 2.44. The van der Waals surface area contributed by atoms with E-state index in [2.05, 4.69) is 0 Å². The van der Waals surface area contributed by atoms with Crippen LogP contribution in [0, 0.1) is 5.41 Å². The van der Waals surface area contributed by atoms with Gasteiger partial charge in [-0.2, -0.15) is 0 Å². The Morgan fingerprint density at radius 1 is 1.64 bits per heavy atom. The minimum absolute atomic E-state index is 0.0972. The molecule has 0 aromatic heterocycles. The number of hydrogen-bond acceptors (Lipinski definition) is 4. The summed E-state index contributed by atoms with van der Waals surface area (Å²) < 4.78 is 0. The second-order valence-electron chi connectivity index (χ2n) is 2.59. The first kappa shape index (κ1) is 13.0. The summed E-state index contributed by atoms with van der Waals surface area (Å²) in [5.74, 6) is -0.0972. The lowest BCUT2D eigenvalue weighted by molar-refractivity contribution is -0.126. The van der Waals surface area contributed by atoms with Crippen molar-refractivity contribution < 1.29 is 9.90 Å². The van der Waals surface area contributed by atoms with E-state index in [-0.39, 0.29) is 5.91 Å². The van der Waals surface area contributed by atoms with Crippen LogP contribution in [0.1, 0.15) is 6.92 Å². The van der Waals surface area contributed by atoms with Crippen LogP contribution in [0.15, 0.2) is 0 Å². The molecule has 1 heterocycles. The van der Waals surface area contributed by atoms with Crippen molar-refractivity contribution in [2.24, 2.45) is 0 Å². The fourth-order valence-electron chi connectivity index (χ4n) is 1.20. The van der Waals surface area contributed by atoms with E-state index in [1.54, 1.807) is 11.9 Å². The summed E-state index contributed by atoms with van der Waals surface area (Å²) >= 11 is 5.01. The minimum Gasteiger partial charge on any atom is -0.400 e. The molecule has 1 unspecified atom stereocenters. The molecule has 0 bridgehead atoms. The van der Waals surface area contributed by atoms with Gasteiger partial charge in [0.25, 0.3) is 5.91 Å². The molecule has 0 radical (unpaired) electrons. The highest BCUT2D eigenvalue weighted by Crippen LogP contribution is 2.13. The second kappa shape index (κ2) is 5.66. The van der Waals surface area contributed by atoms with Gasteiger partial charge in [-0.05, 0) is 19.1 Å². The molecule has 1 saturated heterocycles. The first-order chi connectivity index (χ1) is 6.63. The predicted octanol–water partition coefficient (Wildman–Crippen LogP) is -0.308. The summed E-state index contributed by atoms with van der Waals surface area (Å²) in [6, 6.07) is -0.488. The normalized spacial score (nSPS) is 20.7. The van der Waals surface area contributed by atoms with Crippen molar-refractivity contribution in [3.05, 3.63) is 0 Å². The van der Waals surface area contributed by atoms with Gasteiger partial charge in [0, 0.05) is 26.9 Å². The number of thiocarbonyl (C=S) groups is 1. The van der Waals surface area contributed by atoms with Gasteiger partial charge in [0.2, 0.25) is 0 Å². The summed E-state index contributed by atoms with van der Waals surface area (Å²) in [7, 11) is 2.73. The molecule has 0 aromatic carbocycles. The Bertz CT molecular complexity index is 245. The number of nitrogens with one attached hydrogen (secondary N) is 1. The van der Waals surface area contributed by atoms with E-state index in [1.807, 2.05) is 6.92 Å². The Morgan fingerprint density at radius 3 is 2.36 bits per heavy atom. The van der Waals surface area contributed by atoms with Gasteiger partial charge >= 0.3 is 0 Å². The van der Waals surface area contributed by atoms with Crippen LogP contribution in [0.2, 0.25) is 0 Å². The number of nitrogens with zero attached hydrogens (tertiary/aromatic N) is 2. The molecule has 6 heteroatoms. The zero-order valence-electron chi connectivity index (χ0n) is 8.52. The molecule has 5 nitrogen and oxygen atoms in total. The SMILES string of the molecule is CCN1C(=O)C(C=N)N(C)C1=S.CO. The van der Waals surface area contributed by atoms with Gasteiger partial charge in [-0.25, -0.2) is 0 Å². The first-order valence-corrected chi connectivity index (χ1v) is 4.57. The second-order valence-corrected chi connectivity index (χ2v) is 2.95. The van der Waals surface area contributed by atoms with Crippen LogP contribution in [0.4, 0.5) is 0 Å². The molecule has 80 valence electrons. The maximum absolute atomic E-state index is 11.4. The standard InChI is InChI=1S/C7H11N3OS.CH4O/c1-3-10-6(11)5(4-8)9(2)7(10)12;1-2/h4-5,8H,3H2,1-2H3;2H,1H3. The van der Waals surface area contributed by atoms with E-state index in [0.717, 1.165) is 13.3 Å². The van der Waals surface area contributed by atoms with Crippen LogP contribution in [-0.4, -0.2) is 58.9 Å². The highest BCUT2D eigenvalue weighted by molar-refractivity contribution is 7.80. The molecule has 1 amide bonds. The third-order valence-electron chi connectivity index (χ3n) is 1.94. The van der Waals surface area contributed by atoms with Crippen molar-refractivity contribution in [1.82, 2.24) is 9.80 Å². The Labute approximate surface area is 88.8 Å². The molecule has 0 aliphatic carbocycles. The Hall–Kier alpha value is -1.01. The monoisotopic (exact) mass is 217 g/mol. The number of aliphatic hydroxyl groups is 1. The minimum atomic E-state index is -0.488. The Balaban J connectivity index is 0.000000791. The molecule has 0 saturated carbocycles. The third kappa shape index (κ3) is 2.08. The van der Waals surface area contributed by atoms with Crippen molar-refractivity contribution >= 4 is 29.5 Å². The fraction of sp³-hybridized carbons (Fsp3) is 0.625. The molecule has 1 aliphatic heterocycles. The average molecular weight is 217 g/mol. The van der Waals surface area contributed by atoms with Gasteiger partial charge in [-0.15, -0.1) is 0 Å². The lowest BCUT2D eigenvalue weighted by atomic mass is 10.3. The van der Waals surface area contributed by atoms with Gasteiger partial charge in [0.05, 0.1) is 0 Å². The summed E-state index contributed by atoms with van der Waals surface area (Å²) in [5.41, 5.74) is 0. The van der Waals surface area contributed by atoms with E-state index < -0.39 is 6.04 Å². The van der Waals surface area contributed by atoms with Crippen LogP contribution >= 0.6 is 12.2 Å². The largest absolute Gasteiger partial charge is 0.400 e. The number of hydrogen-bond donors (Lipinski definition) is 2. The van der Waals surface area contributed by atoms with E-state index in [4.69, 9.17) is 22.7 Å². The molecule has 1 aliphatic rings.